The number of aliphatic hydroxyl groups is 5. The molecule has 0 aromatic carbocycles. The number of hydrogen-bond acceptors (Lipinski definition) is 8. The van der Waals surface area contributed by atoms with Crippen molar-refractivity contribution < 1.29 is 39.8 Å². The van der Waals surface area contributed by atoms with Gasteiger partial charge in [0.05, 0.1) is 25.4 Å². The highest BCUT2D eigenvalue weighted by molar-refractivity contribution is 5.76. The third-order valence-electron chi connectivity index (χ3n) is 8.86. The fourth-order valence-electron chi connectivity index (χ4n) is 5.80. The summed E-state index contributed by atoms with van der Waals surface area (Å²) in [6, 6.07) is -0.794. The Balaban J connectivity index is 2.49. The van der Waals surface area contributed by atoms with Crippen molar-refractivity contribution in [1.82, 2.24) is 5.32 Å². The predicted molar refractivity (Wildman–Crippen MR) is 180 cm³/mol. The lowest BCUT2D eigenvalue weighted by Gasteiger charge is -2.40. The van der Waals surface area contributed by atoms with E-state index in [-0.39, 0.29) is 12.5 Å². The molecule has 7 unspecified atom stereocenters. The van der Waals surface area contributed by atoms with E-state index in [4.69, 9.17) is 9.47 Å². The quantitative estimate of drug-likeness (QED) is 0.0441. The summed E-state index contributed by atoms with van der Waals surface area (Å²) in [5, 5.41) is 53.7. The van der Waals surface area contributed by atoms with E-state index in [0.29, 0.717) is 6.42 Å². The molecular weight excluding hydrogens is 574 g/mol. The van der Waals surface area contributed by atoms with Crippen LogP contribution in [0.1, 0.15) is 155 Å². The molecule has 266 valence electrons. The average molecular weight is 644 g/mol. The Morgan fingerprint density at radius 3 is 1.73 bits per heavy atom. The number of carbonyl (C=O) groups is 1. The van der Waals surface area contributed by atoms with Gasteiger partial charge in [0.2, 0.25) is 5.91 Å². The van der Waals surface area contributed by atoms with Crippen LogP contribution in [0.5, 0.6) is 0 Å². The molecule has 0 aromatic rings. The van der Waals surface area contributed by atoms with Crippen molar-refractivity contribution >= 4 is 5.91 Å². The van der Waals surface area contributed by atoms with Crippen LogP contribution in [-0.4, -0.2) is 87.5 Å². The van der Waals surface area contributed by atoms with Gasteiger partial charge in [0, 0.05) is 6.42 Å². The van der Waals surface area contributed by atoms with Crippen LogP contribution >= 0.6 is 0 Å². The smallest absolute Gasteiger partial charge is 0.220 e. The van der Waals surface area contributed by atoms with Crippen LogP contribution in [0.3, 0.4) is 0 Å². The Bertz CT molecular complexity index is 721. The van der Waals surface area contributed by atoms with Crippen LogP contribution in [0.2, 0.25) is 0 Å². The zero-order valence-corrected chi connectivity index (χ0v) is 28.6. The van der Waals surface area contributed by atoms with Crippen molar-refractivity contribution in [3.63, 3.8) is 0 Å². The molecule has 9 nitrogen and oxygen atoms in total. The molecule has 1 aliphatic rings. The number of amides is 1. The van der Waals surface area contributed by atoms with Gasteiger partial charge >= 0.3 is 0 Å². The summed E-state index contributed by atoms with van der Waals surface area (Å²) < 4.78 is 11.1. The fourth-order valence-corrected chi connectivity index (χ4v) is 5.80. The molecule has 7 atom stereocenters. The van der Waals surface area contributed by atoms with Crippen molar-refractivity contribution in [1.29, 1.82) is 0 Å². The summed E-state index contributed by atoms with van der Waals surface area (Å²) >= 11 is 0. The molecule has 0 saturated carbocycles. The largest absolute Gasteiger partial charge is 0.394 e. The topological polar surface area (TPSA) is 149 Å². The number of rotatable bonds is 29. The number of allylic oxidation sites excluding steroid dienone is 1. The Morgan fingerprint density at radius 1 is 0.733 bits per heavy atom. The lowest BCUT2D eigenvalue weighted by atomic mass is 9.99. The molecule has 0 radical (unpaired) electrons. The molecule has 0 spiro atoms. The first kappa shape index (κ1) is 42.0. The molecule has 1 rings (SSSR count). The van der Waals surface area contributed by atoms with Gasteiger partial charge in [-0.3, -0.25) is 4.79 Å². The van der Waals surface area contributed by atoms with Crippen LogP contribution in [0, 0.1) is 0 Å². The normalized spacial score (nSPS) is 23.4. The van der Waals surface area contributed by atoms with Crippen molar-refractivity contribution in [2.75, 3.05) is 13.2 Å². The van der Waals surface area contributed by atoms with Gasteiger partial charge in [0.1, 0.15) is 24.4 Å². The first-order chi connectivity index (χ1) is 21.8. The molecule has 1 saturated heterocycles. The molecule has 0 bridgehead atoms. The summed E-state index contributed by atoms with van der Waals surface area (Å²) in [6.07, 6.45) is 21.1. The number of unbranched alkanes of at least 4 members (excludes halogenated alkanes) is 19. The van der Waals surface area contributed by atoms with Crippen molar-refractivity contribution in [2.45, 2.75) is 198 Å². The Morgan fingerprint density at radius 2 is 1.22 bits per heavy atom. The maximum Gasteiger partial charge on any atom is 0.220 e. The number of ether oxygens (including phenoxy) is 2. The zero-order valence-electron chi connectivity index (χ0n) is 28.6. The van der Waals surface area contributed by atoms with Crippen LogP contribution in [-0.2, 0) is 14.3 Å². The van der Waals surface area contributed by atoms with E-state index in [1.807, 2.05) is 6.08 Å². The van der Waals surface area contributed by atoms with Gasteiger partial charge in [0.25, 0.3) is 0 Å². The molecule has 0 aliphatic carbocycles. The predicted octanol–water partition coefficient (Wildman–Crippen LogP) is 5.83. The molecular formula is C36H69NO8. The minimum absolute atomic E-state index is 0.182. The number of carbonyl (C=O) groups excluding carboxylic acids is 1. The summed E-state index contributed by atoms with van der Waals surface area (Å²) in [5.74, 6) is -0.182. The molecule has 1 heterocycles. The average Bonchev–Trinajstić information content (AvgIpc) is 3.04. The van der Waals surface area contributed by atoms with Crippen LogP contribution in [0.15, 0.2) is 12.2 Å². The van der Waals surface area contributed by atoms with E-state index in [9.17, 15) is 30.3 Å². The Kier molecular flexibility index (Phi) is 26.1. The second-order valence-electron chi connectivity index (χ2n) is 13.0. The lowest BCUT2D eigenvalue weighted by molar-refractivity contribution is -0.302. The maximum atomic E-state index is 12.8. The van der Waals surface area contributed by atoms with Crippen molar-refractivity contribution in [3.05, 3.63) is 12.2 Å². The van der Waals surface area contributed by atoms with E-state index in [1.165, 1.54) is 96.3 Å². The second kappa shape index (κ2) is 28.0. The number of nitrogens with one attached hydrogen (secondary N) is 1. The number of aliphatic hydroxyl groups excluding tert-OH is 5. The minimum atomic E-state index is -1.56. The number of hydrogen-bond donors (Lipinski definition) is 6. The second-order valence-corrected chi connectivity index (χ2v) is 13.0. The Labute approximate surface area is 274 Å². The molecule has 1 aliphatic heterocycles. The summed E-state index contributed by atoms with van der Waals surface area (Å²) in [7, 11) is 0. The van der Waals surface area contributed by atoms with E-state index in [1.54, 1.807) is 6.08 Å². The van der Waals surface area contributed by atoms with Crippen molar-refractivity contribution in [3.8, 4) is 0 Å². The van der Waals surface area contributed by atoms with Gasteiger partial charge in [0.15, 0.2) is 6.29 Å². The highest BCUT2D eigenvalue weighted by atomic mass is 16.7. The third kappa shape index (κ3) is 20.0. The van der Waals surface area contributed by atoms with Gasteiger partial charge in [-0.2, -0.15) is 0 Å². The third-order valence-corrected chi connectivity index (χ3v) is 8.86. The Hall–Kier alpha value is -1.07. The lowest BCUT2D eigenvalue weighted by Crippen LogP contribution is -2.60. The molecule has 45 heavy (non-hydrogen) atoms. The summed E-state index contributed by atoms with van der Waals surface area (Å²) in [6.45, 7) is 3.71. The van der Waals surface area contributed by atoms with Crippen LogP contribution < -0.4 is 5.32 Å². The first-order valence-corrected chi connectivity index (χ1v) is 18.4. The van der Waals surface area contributed by atoms with Gasteiger partial charge < -0.3 is 40.3 Å². The SMILES string of the molecule is CCCCCCCCCCCCCC=CC(O)C(COC1OC(CO)C(O)C(O)C1O)NC(=O)CCCCCCCCCCC. The zero-order chi connectivity index (χ0) is 33.1. The molecule has 0 aromatic heterocycles. The van der Waals surface area contributed by atoms with Gasteiger partial charge in [-0.25, -0.2) is 0 Å². The van der Waals surface area contributed by atoms with Gasteiger partial charge in [-0.15, -0.1) is 0 Å². The van der Waals surface area contributed by atoms with E-state index < -0.39 is 49.5 Å². The van der Waals surface area contributed by atoms with E-state index >= 15 is 0 Å². The molecule has 1 amide bonds. The van der Waals surface area contributed by atoms with E-state index in [0.717, 1.165) is 38.5 Å². The van der Waals surface area contributed by atoms with Crippen LogP contribution in [0.25, 0.3) is 0 Å². The maximum absolute atomic E-state index is 12.8. The van der Waals surface area contributed by atoms with E-state index in [2.05, 4.69) is 19.2 Å². The fraction of sp³-hybridized carbons (Fsp3) is 0.917. The summed E-state index contributed by atoms with van der Waals surface area (Å²) in [4.78, 5) is 12.8. The minimum Gasteiger partial charge on any atom is -0.394 e. The molecule has 1 fully saturated rings. The standard InChI is InChI=1S/C36H69NO8/c1-3-5-7-9-11-13-14-15-16-18-19-21-23-25-30(39)29(28-44-36-35(43)34(42)33(41)31(27-38)45-36)37-32(40)26-24-22-20-17-12-10-8-6-4-2/h23,25,29-31,33-36,38-39,41-43H,3-22,24,26-28H2,1-2H3,(H,37,40). The molecule has 6 N–H and O–H groups in total. The molecule has 9 heteroatoms. The monoisotopic (exact) mass is 644 g/mol. The highest BCUT2D eigenvalue weighted by Crippen LogP contribution is 2.22. The van der Waals surface area contributed by atoms with Gasteiger partial charge in [-0.05, 0) is 19.3 Å². The highest BCUT2D eigenvalue weighted by Gasteiger charge is 2.44. The first-order valence-electron chi connectivity index (χ1n) is 18.4. The van der Waals surface area contributed by atoms with Gasteiger partial charge in [-0.1, -0.05) is 142 Å². The summed E-state index contributed by atoms with van der Waals surface area (Å²) in [5.41, 5.74) is 0. The van der Waals surface area contributed by atoms with Crippen molar-refractivity contribution in [2.24, 2.45) is 0 Å². The van der Waals surface area contributed by atoms with Crippen LogP contribution in [0.4, 0.5) is 0 Å².